The number of carbonyl (C=O) groups is 2. The van der Waals surface area contributed by atoms with Gasteiger partial charge in [-0.05, 0) is 36.4 Å². The van der Waals surface area contributed by atoms with Crippen molar-refractivity contribution in [3.63, 3.8) is 0 Å². The van der Waals surface area contributed by atoms with Crippen LogP contribution in [0.15, 0.2) is 60.9 Å². The van der Waals surface area contributed by atoms with E-state index in [-0.39, 0.29) is 11.4 Å². The molecule has 0 saturated heterocycles. The second-order valence-corrected chi connectivity index (χ2v) is 6.05. The molecule has 0 atom stereocenters. The van der Waals surface area contributed by atoms with Crippen molar-refractivity contribution in [3.8, 4) is 0 Å². The van der Waals surface area contributed by atoms with Gasteiger partial charge in [0, 0.05) is 22.4 Å². The van der Waals surface area contributed by atoms with Crippen LogP contribution in [0.3, 0.4) is 0 Å². The molecule has 2 N–H and O–H groups in total. The van der Waals surface area contributed by atoms with Gasteiger partial charge in [0.2, 0.25) is 0 Å². The molecule has 0 spiro atoms. The minimum atomic E-state index is -0.449. The molecular formula is C18H12Cl2N4O2. The highest BCUT2D eigenvalue weighted by Gasteiger charge is 2.14. The number of benzene rings is 1. The summed E-state index contributed by atoms with van der Waals surface area (Å²) in [5.41, 5.74) is 1.15. The normalized spacial score (nSPS) is 10.2. The maximum absolute atomic E-state index is 12.3. The third kappa shape index (κ3) is 4.36. The summed E-state index contributed by atoms with van der Waals surface area (Å²) in [4.78, 5) is 32.6. The number of para-hydroxylation sites is 2. The summed E-state index contributed by atoms with van der Waals surface area (Å²) in [5, 5.41) is 6.21. The summed E-state index contributed by atoms with van der Waals surface area (Å²) in [6.45, 7) is 0. The van der Waals surface area contributed by atoms with Crippen molar-refractivity contribution in [2.24, 2.45) is 0 Å². The van der Waals surface area contributed by atoms with Gasteiger partial charge >= 0.3 is 0 Å². The lowest BCUT2D eigenvalue weighted by Crippen LogP contribution is -2.18. The molecule has 0 aliphatic rings. The first-order valence-electron chi connectivity index (χ1n) is 7.48. The number of amides is 2. The molecule has 0 unspecified atom stereocenters. The van der Waals surface area contributed by atoms with Crippen molar-refractivity contribution in [1.82, 2.24) is 9.97 Å². The molecule has 26 heavy (non-hydrogen) atoms. The lowest BCUT2D eigenvalue weighted by molar-refractivity contribution is 0.101. The summed E-state index contributed by atoms with van der Waals surface area (Å²) < 4.78 is 0. The Morgan fingerprint density at radius 3 is 1.54 bits per heavy atom. The third-order valence-corrected chi connectivity index (χ3v) is 3.80. The third-order valence-electron chi connectivity index (χ3n) is 3.33. The Morgan fingerprint density at radius 2 is 1.15 bits per heavy atom. The van der Waals surface area contributed by atoms with Gasteiger partial charge in [-0.2, -0.15) is 0 Å². The fraction of sp³-hybridized carbons (Fsp3) is 0. The second kappa shape index (κ2) is 7.95. The predicted molar refractivity (Wildman–Crippen MR) is 101 cm³/mol. The minimum absolute atomic E-state index is 0.162. The molecule has 8 heteroatoms. The number of nitrogens with zero attached hydrogens (tertiary/aromatic N) is 2. The Bertz CT molecular complexity index is 900. The molecule has 0 fully saturated rings. The first-order valence-corrected chi connectivity index (χ1v) is 8.23. The van der Waals surface area contributed by atoms with Crippen LogP contribution in [-0.4, -0.2) is 21.8 Å². The average Bonchev–Trinajstić information content (AvgIpc) is 2.63. The highest BCUT2D eigenvalue weighted by atomic mass is 35.5. The molecule has 2 aromatic heterocycles. The van der Waals surface area contributed by atoms with Crippen LogP contribution < -0.4 is 10.6 Å². The molecule has 0 radical (unpaired) electrons. The molecule has 6 nitrogen and oxygen atoms in total. The Balaban J connectivity index is 1.80. The number of rotatable bonds is 4. The number of anilines is 2. The molecule has 0 saturated carbocycles. The largest absolute Gasteiger partial charge is 0.319 e. The fourth-order valence-electron chi connectivity index (χ4n) is 2.13. The van der Waals surface area contributed by atoms with E-state index in [0.717, 1.165) is 0 Å². The molecule has 3 aromatic rings. The summed E-state index contributed by atoms with van der Waals surface area (Å²) in [6.07, 6.45) is 2.88. The lowest BCUT2D eigenvalue weighted by Gasteiger charge is -2.12. The SMILES string of the molecule is O=C(Nc1ccccc1NC(=O)c1cc(Cl)ccn1)c1cc(Cl)ccn1. The second-order valence-electron chi connectivity index (χ2n) is 5.17. The van der Waals surface area contributed by atoms with Crippen LogP contribution in [0.2, 0.25) is 10.0 Å². The van der Waals surface area contributed by atoms with Gasteiger partial charge in [-0.15, -0.1) is 0 Å². The zero-order valence-electron chi connectivity index (χ0n) is 13.2. The highest BCUT2D eigenvalue weighted by Crippen LogP contribution is 2.23. The number of carbonyl (C=O) groups excluding carboxylic acids is 2. The number of hydrogen-bond donors (Lipinski definition) is 2. The summed E-state index contributed by atoms with van der Waals surface area (Å²) in [7, 11) is 0. The molecule has 2 heterocycles. The molecular weight excluding hydrogens is 375 g/mol. The molecule has 1 aromatic carbocycles. The van der Waals surface area contributed by atoms with Crippen LogP contribution in [-0.2, 0) is 0 Å². The monoisotopic (exact) mass is 386 g/mol. The standard InChI is InChI=1S/C18H12Cl2N4O2/c19-11-5-7-21-15(9-11)17(25)23-13-3-1-2-4-14(13)24-18(26)16-10-12(20)6-8-22-16/h1-10H,(H,23,25)(H,24,26). The van der Waals surface area contributed by atoms with Gasteiger partial charge in [-0.3, -0.25) is 19.6 Å². The van der Waals surface area contributed by atoms with E-state index in [9.17, 15) is 9.59 Å². The maximum atomic E-state index is 12.3. The van der Waals surface area contributed by atoms with Crippen LogP contribution in [0.1, 0.15) is 21.0 Å². The summed E-state index contributed by atoms with van der Waals surface area (Å²) >= 11 is 11.8. The maximum Gasteiger partial charge on any atom is 0.274 e. The van der Waals surface area contributed by atoms with Gasteiger partial charge < -0.3 is 10.6 Å². The molecule has 0 aliphatic carbocycles. The molecule has 2 amide bonds. The zero-order valence-corrected chi connectivity index (χ0v) is 14.8. The van der Waals surface area contributed by atoms with Crippen LogP contribution in [0.5, 0.6) is 0 Å². The lowest BCUT2D eigenvalue weighted by atomic mass is 10.2. The summed E-state index contributed by atoms with van der Waals surface area (Å²) in [6, 6.07) is 12.8. The van der Waals surface area contributed by atoms with E-state index in [4.69, 9.17) is 23.2 Å². The van der Waals surface area contributed by atoms with E-state index >= 15 is 0 Å². The Hall–Kier alpha value is -2.96. The van der Waals surface area contributed by atoms with Gasteiger partial charge in [0.25, 0.3) is 11.8 Å². The first-order chi connectivity index (χ1) is 12.5. The van der Waals surface area contributed by atoms with E-state index in [2.05, 4.69) is 20.6 Å². The summed E-state index contributed by atoms with van der Waals surface area (Å²) in [5.74, 6) is -0.898. The van der Waals surface area contributed by atoms with Crippen LogP contribution in [0.25, 0.3) is 0 Å². The Kier molecular flexibility index (Phi) is 5.46. The van der Waals surface area contributed by atoms with Crippen LogP contribution in [0.4, 0.5) is 11.4 Å². The van der Waals surface area contributed by atoms with Crippen LogP contribution in [0, 0.1) is 0 Å². The minimum Gasteiger partial charge on any atom is -0.319 e. The van der Waals surface area contributed by atoms with Crippen molar-refractivity contribution < 1.29 is 9.59 Å². The van der Waals surface area contributed by atoms with Crippen molar-refractivity contribution in [2.45, 2.75) is 0 Å². The topological polar surface area (TPSA) is 84.0 Å². The van der Waals surface area contributed by atoms with Gasteiger partial charge in [0.15, 0.2) is 0 Å². The van der Waals surface area contributed by atoms with Crippen molar-refractivity contribution in [2.75, 3.05) is 10.6 Å². The fourth-order valence-corrected chi connectivity index (χ4v) is 2.45. The quantitative estimate of drug-likeness (QED) is 0.700. The number of nitrogens with one attached hydrogen (secondary N) is 2. The number of hydrogen-bond acceptors (Lipinski definition) is 4. The van der Waals surface area contributed by atoms with Gasteiger partial charge in [0.05, 0.1) is 11.4 Å². The van der Waals surface area contributed by atoms with Gasteiger partial charge in [-0.1, -0.05) is 35.3 Å². The molecule has 0 bridgehead atoms. The average molecular weight is 387 g/mol. The van der Waals surface area contributed by atoms with E-state index in [1.165, 1.54) is 24.5 Å². The smallest absolute Gasteiger partial charge is 0.274 e. The van der Waals surface area contributed by atoms with E-state index in [0.29, 0.717) is 21.4 Å². The zero-order chi connectivity index (χ0) is 18.5. The molecule has 0 aliphatic heterocycles. The Morgan fingerprint density at radius 1 is 0.731 bits per heavy atom. The van der Waals surface area contributed by atoms with E-state index < -0.39 is 11.8 Å². The molecule has 3 rings (SSSR count). The number of aromatic nitrogens is 2. The van der Waals surface area contributed by atoms with E-state index in [1.807, 2.05) is 0 Å². The van der Waals surface area contributed by atoms with Crippen LogP contribution >= 0.6 is 23.2 Å². The van der Waals surface area contributed by atoms with Crippen molar-refractivity contribution in [3.05, 3.63) is 82.4 Å². The van der Waals surface area contributed by atoms with E-state index in [1.54, 1.807) is 36.4 Å². The van der Waals surface area contributed by atoms with Crippen molar-refractivity contribution in [1.29, 1.82) is 0 Å². The molecule has 130 valence electrons. The van der Waals surface area contributed by atoms with Gasteiger partial charge in [-0.25, -0.2) is 0 Å². The van der Waals surface area contributed by atoms with Crippen molar-refractivity contribution >= 4 is 46.4 Å². The number of halogens is 2. The first kappa shape index (κ1) is 17.8. The Labute approximate surface area is 159 Å². The number of pyridine rings is 2. The van der Waals surface area contributed by atoms with Gasteiger partial charge in [0.1, 0.15) is 11.4 Å². The predicted octanol–water partition coefficient (Wildman–Crippen LogP) is 4.29. The highest BCUT2D eigenvalue weighted by molar-refractivity contribution is 6.31.